The van der Waals surface area contributed by atoms with E-state index in [9.17, 15) is 4.79 Å². The van der Waals surface area contributed by atoms with E-state index in [0.717, 1.165) is 37.3 Å². The third kappa shape index (κ3) is 4.28. The van der Waals surface area contributed by atoms with Gasteiger partial charge in [0.05, 0.1) is 12.7 Å². The summed E-state index contributed by atoms with van der Waals surface area (Å²) in [6.07, 6.45) is 3.95. The Labute approximate surface area is 149 Å². The topological polar surface area (TPSA) is 58.4 Å². The molecule has 25 heavy (non-hydrogen) atoms. The van der Waals surface area contributed by atoms with E-state index in [-0.39, 0.29) is 17.4 Å². The Morgan fingerprint density at radius 3 is 2.52 bits per heavy atom. The van der Waals surface area contributed by atoms with E-state index in [1.165, 1.54) is 0 Å². The number of benzene rings is 1. The number of amides is 1. The summed E-state index contributed by atoms with van der Waals surface area (Å²) in [6.45, 7) is 8.39. The van der Waals surface area contributed by atoms with Crippen molar-refractivity contribution in [2.24, 2.45) is 0 Å². The van der Waals surface area contributed by atoms with Crippen molar-refractivity contribution in [2.45, 2.75) is 51.6 Å². The molecule has 0 aliphatic carbocycles. The molecule has 1 aromatic heterocycles. The summed E-state index contributed by atoms with van der Waals surface area (Å²) in [4.78, 5) is 19.2. The molecular formula is C20H27N3O2. The van der Waals surface area contributed by atoms with Crippen LogP contribution in [-0.2, 0) is 16.8 Å². The predicted molar refractivity (Wildman–Crippen MR) is 97.0 cm³/mol. The molecule has 1 saturated heterocycles. The molecule has 1 N–H and O–H groups in total. The fraction of sp³-hybridized carbons (Fsp3) is 0.500. The van der Waals surface area contributed by atoms with E-state index in [4.69, 9.17) is 4.42 Å². The fourth-order valence-electron chi connectivity index (χ4n) is 3.04. The number of likely N-dealkylation sites (tertiary alicyclic amines) is 1. The van der Waals surface area contributed by atoms with Gasteiger partial charge >= 0.3 is 0 Å². The van der Waals surface area contributed by atoms with Crippen molar-refractivity contribution in [3.63, 3.8) is 0 Å². The van der Waals surface area contributed by atoms with Crippen LogP contribution in [0.2, 0.25) is 0 Å². The fourth-order valence-corrected chi connectivity index (χ4v) is 3.04. The van der Waals surface area contributed by atoms with Crippen LogP contribution < -0.4 is 5.32 Å². The van der Waals surface area contributed by atoms with Gasteiger partial charge in [0, 0.05) is 18.5 Å². The zero-order valence-corrected chi connectivity index (χ0v) is 15.3. The van der Waals surface area contributed by atoms with Crippen molar-refractivity contribution in [1.29, 1.82) is 0 Å². The Kier molecular flexibility index (Phi) is 5.23. The first-order valence-corrected chi connectivity index (χ1v) is 8.97. The summed E-state index contributed by atoms with van der Waals surface area (Å²) in [6, 6.07) is 9.49. The molecule has 5 heteroatoms. The van der Waals surface area contributed by atoms with E-state index in [1.54, 1.807) is 6.20 Å². The van der Waals surface area contributed by atoms with E-state index >= 15 is 0 Å². The van der Waals surface area contributed by atoms with Crippen LogP contribution in [0.1, 0.15) is 56.9 Å². The van der Waals surface area contributed by atoms with Gasteiger partial charge in [0.15, 0.2) is 0 Å². The SMILES string of the molecule is CC(C)(C)c1cnc(CNC(C(=O)N2CCCC2)c2ccccc2)o1. The second-order valence-electron chi connectivity index (χ2n) is 7.63. The first-order valence-electron chi connectivity index (χ1n) is 8.97. The smallest absolute Gasteiger partial charge is 0.244 e. The highest BCUT2D eigenvalue weighted by Gasteiger charge is 2.28. The maximum Gasteiger partial charge on any atom is 0.244 e. The average Bonchev–Trinajstić information content (AvgIpc) is 3.27. The molecule has 0 spiro atoms. The van der Waals surface area contributed by atoms with Crippen LogP contribution in [0.25, 0.3) is 0 Å². The van der Waals surface area contributed by atoms with Gasteiger partial charge in [-0.3, -0.25) is 10.1 Å². The number of carbonyl (C=O) groups is 1. The summed E-state index contributed by atoms with van der Waals surface area (Å²) >= 11 is 0. The molecule has 134 valence electrons. The lowest BCUT2D eigenvalue weighted by atomic mass is 9.94. The van der Waals surface area contributed by atoms with E-state index < -0.39 is 0 Å². The Morgan fingerprint density at radius 2 is 1.92 bits per heavy atom. The number of hydrogen-bond donors (Lipinski definition) is 1. The molecule has 1 aromatic carbocycles. The average molecular weight is 341 g/mol. The molecule has 3 rings (SSSR count). The number of nitrogens with zero attached hydrogens (tertiary/aromatic N) is 2. The molecule has 1 amide bonds. The minimum Gasteiger partial charge on any atom is -0.444 e. The van der Waals surface area contributed by atoms with E-state index in [1.807, 2.05) is 35.2 Å². The standard InChI is InChI=1S/C20H27N3O2/c1-20(2,3)16-13-21-17(25-16)14-22-18(15-9-5-4-6-10-15)19(24)23-11-7-8-12-23/h4-6,9-10,13,18,22H,7-8,11-12,14H2,1-3H3. The van der Waals surface area contributed by atoms with Gasteiger partial charge in [-0.25, -0.2) is 4.98 Å². The van der Waals surface area contributed by atoms with Crippen LogP contribution in [0.4, 0.5) is 0 Å². The maximum atomic E-state index is 12.9. The van der Waals surface area contributed by atoms with Gasteiger partial charge in [0.2, 0.25) is 11.8 Å². The summed E-state index contributed by atoms with van der Waals surface area (Å²) < 4.78 is 5.84. The van der Waals surface area contributed by atoms with Gasteiger partial charge in [-0.15, -0.1) is 0 Å². The summed E-state index contributed by atoms with van der Waals surface area (Å²) in [7, 11) is 0. The second kappa shape index (κ2) is 7.40. The molecule has 5 nitrogen and oxygen atoms in total. The lowest BCUT2D eigenvalue weighted by Crippen LogP contribution is -2.39. The number of nitrogens with one attached hydrogen (secondary N) is 1. The zero-order valence-electron chi connectivity index (χ0n) is 15.3. The molecule has 1 unspecified atom stereocenters. The normalized spacial score (nSPS) is 16.2. The third-order valence-electron chi connectivity index (χ3n) is 4.55. The number of carbonyl (C=O) groups excluding carboxylic acids is 1. The lowest BCUT2D eigenvalue weighted by molar-refractivity contribution is -0.132. The maximum absolute atomic E-state index is 12.9. The molecule has 1 atom stereocenters. The molecule has 2 heterocycles. The molecule has 2 aromatic rings. The van der Waals surface area contributed by atoms with E-state index in [2.05, 4.69) is 31.1 Å². The Bertz CT molecular complexity index is 697. The van der Waals surface area contributed by atoms with Crippen molar-refractivity contribution in [1.82, 2.24) is 15.2 Å². The zero-order chi connectivity index (χ0) is 17.9. The summed E-state index contributed by atoms with van der Waals surface area (Å²) in [5.74, 6) is 1.60. The van der Waals surface area contributed by atoms with Crippen LogP contribution in [0, 0.1) is 0 Å². The van der Waals surface area contributed by atoms with E-state index in [0.29, 0.717) is 12.4 Å². The minimum atomic E-state index is -0.371. The summed E-state index contributed by atoms with van der Waals surface area (Å²) in [5.41, 5.74) is 0.900. The Balaban J connectivity index is 1.73. The first kappa shape index (κ1) is 17.7. The molecule has 0 saturated carbocycles. The molecule has 1 aliphatic heterocycles. The number of aromatic nitrogens is 1. The molecule has 0 bridgehead atoms. The van der Waals surface area contributed by atoms with Crippen LogP contribution in [-0.4, -0.2) is 28.9 Å². The second-order valence-corrected chi connectivity index (χ2v) is 7.63. The Morgan fingerprint density at radius 1 is 1.24 bits per heavy atom. The highest BCUT2D eigenvalue weighted by molar-refractivity contribution is 5.83. The van der Waals surface area contributed by atoms with Gasteiger partial charge in [0.25, 0.3) is 0 Å². The van der Waals surface area contributed by atoms with Crippen LogP contribution in [0.3, 0.4) is 0 Å². The largest absolute Gasteiger partial charge is 0.444 e. The van der Waals surface area contributed by atoms with Crippen LogP contribution in [0.5, 0.6) is 0 Å². The Hall–Kier alpha value is -2.14. The van der Waals surface area contributed by atoms with Gasteiger partial charge in [-0.2, -0.15) is 0 Å². The van der Waals surface area contributed by atoms with Crippen molar-refractivity contribution in [2.75, 3.05) is 13.1 Å². The molecule has 1 fully saturated rings. The molecule has 1 aliphatic rings. The molecule has 0 radical (unpaired) electrons. The predicted octanol–water partition coefficient (Wildman–Crippen LogP) is 3.43. The highest BCUT2D eigenvalue weighted by atomic mass is 16.4. The number of oxazole rings is 1. The van der Waals surface area contributed by atoms with Gasteiger partial charge < -0.3 is 9.32 Å². The van der Waals surface area contributed by atoms with Crippen molar-refractivity contribution >= 4 is 5.91 Å². The van der Waals surface area contributed by atoms with Gasteiger partial charge in [-0.1, -0.05) is 51.1 Å². The quantitative estimate of drug-likeness (QED) is 0.905. The number of hydrogen-bond acceptors (Lipinski definition) is 4. The van der Waals surface area contributed by atoms with Gasteiger partial charge in [-0.05, 0) is 18.4 Å². The third-order valence-corrected chi connectivity index (χ3v) is 4.55. The monoisotopic (exact) mass is 341 g/mol. The van der Waals surface area contributed by atoms with Crippen molar-refractivity contribution < 1.29 is 9.21 Å². The van der Waals surface area contributed by atoms with Crippen molar-refractivity contribution in [3.8, 4) is 0 Å². The minimum absolute atomic E-state index is 0.0740. The van der Waals surface area contributed by atoms with Crippen molar-refractivity contribution in [3.05, 3.63) is 53.7 Å². The summed E-state index contributed by atoms with van der Waals surface area (Å²) in [5, 5.41) is 3.35. The van der Waals surface area contributed by atoms with Gasteiger partial charge in [0.1, 0.15) is 11.8 Å². The lowest BCUT2D eigenvalue weighted by Gasteiger charge is -2.24. The number of rotatable bonds is 5. The molecular weight excluding hydrogens is 314 g/mol. The van der Waals surface area contributed by atoms with Crippen LogP contribution in [0.15, 0.2) is 40.9 Å². The van der Waals surface area contributed by atoms with Crippen LogP contribution >= 0.6 is 0 Å². The first-order chi connectivity index (χ1) is 11.9. The highest BCUT2D eigenvalue weighted by Crippen LogP contribution is 2.24.